The lowest BCUT2D eigenvalue weighted by Gasteiger charge is -2.25. The summed E-state index contributed by atoms with van der Waals surface area (Å²) in [6, 6.07) is 16.3. The highest BCUT2D eigenvalue weighted by atomic mass is 32.2. The zero-order chi connectivity index (χ0) is 37.4. The molecule has 0 bridgehead atoms. The fourth-order valence-electron chi connectivity index (χ4n) is 7.45. The first-order valence-corrected chi connectivity index (χ1v) is 19.8. The molecule has 1 aliphatic carbocycles. The van der Waals surface area contributed by atoms with Crippen LogP contribution in [0.1, 0.15) is 73.4 Å². The maximum atomic E-state index is 15.1. The van der Waals surface area contributed by atoms with Gasteiger partial charge in [-0.25, -0.2) is 17.4 Å². The molecule has 4 heterocycles. The van der Waals surface area contributed by atoms with Crippen molar-refractivity contribution in [1.29, 1.82) is 0 Å². The number of ether oxygens (including phenoxy) is 5. The molecule has 14 nitrogen and oxygen atoms in total. The third-order valence-corrected chi connectivity index (χ3v) is 12.3. The number of hydrogen-bond acceptors (Lipinski definition) is 12. The summed E-state index contributed by atoms with van der Waals surface area (Å²) in [7, 11) is 1.65. The smallest absolute Gasteiger partial charge is 0.273 e. The second kappa shape index (κ2) is 15.0. The van der Waals surface area contributed by atoms with Crippen LogP contribution < -0.4 is 33.9 Å². The van der Waals surface area contributed by atoms with E-state index >= 15 is 8.42 Å². The van der Waals surface area contributed by atoms with E-state index in [0.29, 0.717) is 45.5 Å². The summed E-state index contributed by atoms with van der Waals surface area (Å²) in [6.45, 7) is 2.31. The van der Waals surface area contributed by atoms with Gasteiger partial charge >= 0.3 is 0 Å². The van der Waals surface area contributed by atoms with Gasteiger partial charge in [0.05, 0.1) is 46.1 Å². The van der Waals surface area contributed by atoms with Crippen LogP contribution in [0.5, 0.6) is 23.0 Å². The summed E-state index contributed by atoms with van der Waals surface area (Å²) < 4.78 is 68.1. The van der Waals surface area contributed by atoms with Crippen LogP contribution in [0.25, 0.3) is 11.0 Å². The first-order valence-electron chi connectivity index (χ1n) is 18.4. The Hall–Kier alpha value is -4.99. The van der Waals surface area contributed by atoms with E-state index in [0.717, 1.165) is 69.5 Å². The van der Waals surface area contributed by atoms with Crippen LogP contribution in [-0.2, 0) is 21.3 Å². The van der Waals surface area contributed by atoms with Crippen molar-refractivity contribution in [2.45, 2.75) is 68.0 Å². The number of nitrogens with zero attached hydrogens (tertiary/aromatic N) is 4. The molecular formula is C39H46N6O8S. The van der Waals surface area contributed by atoms with E-state index in [1.807, 2.05) is 16.8 Å². The molecule has 2 N–H and O–H groups in total. The highest BCUT2D eigenvalue weighted by Crippen LogP contribution is 2.45. The minimum absolute atomic E-state index is 0.0774. The first kappa shape index (κ1) is 36.0. The Labute approximate surface area is 314 Å². The summed E-state index contributed by atoms with van der Waals surface area (Å²) >= 11 is 0. The summed E-state index contributed by atoms with van der Waals surface area (Å²) in [6.07, 6.45) is 6.18. The number of benzene rings is 3. The SMILES string of the molecule is COc1ccc(CN(c2noc3cc(Nc4cc(C5CC5)n(C5CCCCO5)n4)c(OC)cc23)S(=O)(=O)c2c(OC)cc(C3CCNC3)cc2OC)cc1. The van der Waals surface area contributed by atoms with Crippen molar-refractivity contribution in [2.75, 3.05) is 57.8 Å². The lowest BCUT2D eigenvalue weighted by molar-refractivity contribution is -0.0409. The Morgan fingerprint density at radius 1 is 0.889 bits per heavy atom. The quantitative estimate of drug-likeness (QED) is 0.122. The number of sulfonamides is 1. The number of fused-ring (bicyclic) bond motifs is 1. The van der Waals surface area contributed by atoms with Gasteiger partial charge in [-0.05, 0) is 92.4 Å². The predicted octanol–water partition coefficient (Wildman–Crippen LogP) is 6.85. The minimum atomic E-state index is -4.42. The number of hydrogen-bond donors (Lipinski definition) is 2. The molecule has 2 atom stereocenters. The van der Waals surface area contributed by atoms with Gasteiger partial charge < -0.3 is 38.8 Å². The van der Waals surface area contributed by atoms with Gasteiger partial charge in [-0.3, -0.25) is 0 Å². The van der Waals surface area contributed by atoms with Crippen molar-refractivity contribution in [3.63, 3.8) is 0 Å². The number of methoxy groups -OCH3 is 4. The molecule has 15 heteroatoms. The molecule has 54 heavy (non-hydrogen) atoms. The third-order valence-electron chi connectivity index (χ3n) is 10.5. The highest BCUT2D eigenvalue weighted by molar-refractivity contribution is 7.93. The average Bonchev–Trinajstić information content (AvgIpc) is 3.53. The highest BCUT2D eigenvalue weighted by Gasteiger charge is 2.37. The Kier molecular flexibility index (Phi) is 10.0. The van der Waals surface area contributed by atoms with Gasteiger partial charge in [-0.2, -0.15) is 5.10 Å². The molecule has 2 saturated heterocycles. The molecule has 5 aromatic rings. The average molecular weight is 759 g/mol. The van der Waals surface area contributed by atoms with E-state index in [9.17, 15) is 0 Å². The maximum Gasteiger partial charge on any atom is 0.273 e. The summed E-state index contributed by atoms with van der Waals surface area (Å²) in [5.74, 6) is 2.85. The second-order valence-electron chi connectivity index (χ2n) is 14.0. The van der Waals surface area contributed by atoms with E-state index in [-0.39, 0.29) is 40.9 Å². The van der Waals surface area contributed by atoms with E-state index < -0.39 is 10.0 Å². The van der Waals surface area contributed by atoms with Crippen LogP contribution in [0.3, 0.4) is 0 Å². The lowest BCUT2D eigenvalue weighted by Crippen LogP contribution is -2.31. The molecule has 1 saturated carbocycles. The van der Waals surface area contributed by atoms with Gasteiger partial charge in [0.1, 0.15) is 23.0 Å². The topological polar surface area (TPSA) is 151 Å². The van der Waals surface area contributed by atoms with Crippen molar-refractivity contribution < 1.29 is 36.6 Å². The molecule has 0 amide bonds. The Balaban J connectivity index is 1.20. The summed E-state index contributed by atoms with van der Waals surface area (Å²) in [5.41, 5.74) is 3.73. The van der Waals surface area contributed by atoms with Gasteiger partial charge in [-0.15, -0.1) is 0 Å². The van der Waals surface area contributed by atoms with Crippen molar-refractivity contribution in [1.82, 2.24) is 20.3 Å². The van der Waals surface area contributed by atoms with Crippen molar-refractivity contribution >= 4 is 38.3 Å². The molecule has 0 spiro atoms. The molecule has 2 aliphatic heterocycles. The van der Waals surface area contributed by atoms with E-state index in [1.54, 1.807) is 50.6 Å². The summed E-state index contributed by atoms with van der Waals surface area (Å²) in [5, 5.41) is 16.5. The minimum Gasteiger partial charge on any atom is -0.497 e. The van der Waals surface area contributed by atoms with Gasteiger partial charge in [0.25, 0.3) is 10.0 Å². The number of anilines is 3. The zero-order valence-corrected chi connectivity index (χ0v) is 31.8. The van der Waals surface area contributed by atoms with E-state index in [4.69, 9.17) is 33.3 Å². The van der Waals surface area contributed by atoms with Crippen LogP contribution in [0, 0.1) is 0 Å². The van der Waals surface area contributed by atoms with Crippen LogP contribution in [-0.4, -0.2) is 71.5 Å². The fourth-order valence-corrected chi connectivity index (χ4v) is 9.14. The Bertz CT molecular complexity index is 2200. The molecular weight excluding hydrogens is 713 g/mol. The summed E-state index contributed by atoms with van der Waals surface area (Å²) in [4.78, 5) is -0.110. The van der Waals surface area contributed by atoms with Crippen LogP contribution >= 0.6 is 0 Å². The van der Waals surface area contributed by atoms with Crippen LogP contribution in [0.2, 0.25) is 0 Å². The van der Waals surface area contributed by atoms with E-state index in [1.165, 1.54) is 18.5 Å². The molecule has 3 aliphatic rings. The number of nitrogens with one attached hydrogen (secondary N) is 2. The monoisotopic (exact) mass is 758 g/mol. The Morgan fingerprint density at radius 2 is 1.65 bits per heavy atom. The standard InChI is InChI=1S/C39H46N6O8S/c1-48-28-12-8-24(9-13-28)23-44(54(46,47)38-34(50-3)17-27(18-35(38)51-4)26-14-15-40-22-26)39-29-19-33(49-2)30(20-32(29)53-43-39)41-36-21-31(25-10-11-25)45(42-36)37-7-5-6-16-52-37/h8-9,12-13,17-21,25-26,37,40H,5-7,10-11,14-16,22-23H2,1-4H3,(H,41,42). The number of aromatic nitrogens is 3. The predicted molar refractivity (Wildman–Crippen MR) is 203 cm³/mol. The van der Waals surface area contributed by atoms with Crippen molar-refractivity contribution in [3.8, 4) is 23.0 Å². The van der Waals surface area contributed by atoms with E-state index in [2.05, 4.69) is 21.9 Å². The molecule has 0 radical (unpaired) electrons. The van der Waals surface area contributed by atoms with Gasteiger partial charge in [0.2, 0.25) is 0 Å². The van der Waals surface area contributed by atoms with Crippen LogP contribution in [0.15, 0.2) is 64.0 Å². The Morgan fingerprint density at radius 3 is 2.28 bits per heavy atom. The normalized spacial score (nSPS) is 18.8. The third kappa shape index (κ3) is 6.91. The van der Waals surface area contributed by atoms with Crippen molar-refractivity contribution in [3.05, 3.63) is 71.4 Å². The zero-order valence-electron chi connectivity index (χ0n) is 31.0. The molecule has 286 valence electrons. The number of rotatable bonds is 14. The van der Waals surface area contributed by atoms with Crippen molar-refractivity contribution in [2.24, 2.45) is 0 Å². The van der Waals surface area contributed by atoms with Gasteiger partial charge in [0.15, 0.2) is 28.3 Å². The molecule has 3 aromatic carbocycles. The maximum absolute atomic E-state index is 15.1. The van der Waals surface area contributed by atoms with Crippen LogP contribution in [0.4, 0.5) is 17.3 Å². The lowest BCUT2D eigenvalue weighted by atomic mass is 9.98. The molecule has 8 rings (SSSR count). The largest absolute Gasteiger partial charge is 0.497 e. The molecule has 3 fully saturated rings. The fraction of sp³-hybridized carbons (Fsp3) is 0.436. The second-order valence-corrected chi connectivity index (χ2v) is 15.8. The molecule has 2 aromatic heterocycles. The first-order chi connectivity index (χ1) is 26.3. The van der Waals surface area contributed by atoms with Gasteiger partial charge in [-0.1, -0.05) is 17.3 Å². The molecule has 2 unspecified atom stereocenters. The van der Waals surface area contributed by atoms with Gasteiger partial charge in [0, 0.05) is 36.9 Å².